The number of anilines is 1. The van der Waals surface area contributed by atoms with E-state index in [0.29, 0.717) is 5.69 Å². The van der Waals surface area contributed by atoms with E-state index < -0.39 is 0 Å². The van der Waals surface area contributed by atoms with Crippen LogP contribution >= 0.6 is 0 Å². The van der Waals surface area contributed by atoms with Crippen molar-refractivity contribution in [1.29, 1.82) is 0 Å². The number of nitrogens with zero attached hydrogens (tertiary/aromatic N) is 4. The van der Waals surface area contributed by atoms with Crippen LogP contribution in [0.4, 0.5) is 5.69 Å². The van der Waals surface area contributed by atoms with Crippen LogP contribution in [0.25, 0.3) is 11.4 Å². The Kier molecular flexibility index (Phi) is 1.92. The molecule has 0 spiro atoms. The van der Waals surface area contributed by atoms with E-state index in [4.69, 9.17) is 5.73 Å². The molecule has 0 aliphatic carbocycles. The van der Waals surface area contributed by atoms with Crippen molar-refractivity contribution in [2.75, 3.05) is 5.73 Å². The number of hydrogen-bond donors (Lipinski definition) is 1. The topological polar surface area (TPSA) is 69.6 Å². The Morgan fingerprint density at radius 3 is 2.64 bits per heavy atom. The van der Waals surface area contributed by atoms with Gasteiger partial charge in [-0.15, -0.1) is 0 Å². The molecular weight excluding hydrogens is 178 g/mol. The van der Waals surface area contributed by atoms with E-state index >= 15 is 0 Å². The van der Waals surface area contributed by atoms with Crippen molar-refractivity contribution in [3.8, 4) is 11.4 Å². The molecule has 0 amide bonds. The lowest BCUT2D eigenvalue weighted by Crippen LogP contribution is -1.94. The molecule has 0 atom stereocenters. The first-order chi connectivity index (χ1) is 6.66. The van der Waals surface area contributed by atoms with E-state index in [1.54, 1.807) is 19.4 Å². The molecule has 0 bridgehead atoms. The summed E-state index contributed by atoms with van der Waals surface area (Å²) < 4.78 is 0. The number of aromatic nitrogens is 4. The van der Waals surface area contributed by atoms with Crippen LogP contribution in [-0.2, 0) is 7.05 Å². The van der Waals surface area contributed by atoms with E-state index in [1.807, 2.05) is 13.0 Å². The quantitative estimate of drug-likeness (QED) is 0.719. The van der Waals surface area contributed by atoms with Crippen molar-refractivity contribution in [3.63, 3.8) is 0 Å². The summed E-state index contributed by atoms with van der Waals surface area (Å²) in [5.41, 5.74) is 8.92. The van der Waals surface area contributed by atoms with Gasteiger partial charge in [-0.25, -0.2) is 0 Å². The Balaban J connectivity index is 2.47. The Morgan fingerprint density at radius 2 is 2.07 bits per heavy atom. The molecule has 14 heavy (non-hydrogen) atoms. The second-order valence-electron chi connectivity index (χ2n) is 3.15. The highest BCUT2D eigenvalue weighted by Gasteiger charge is 2.04. The molecule has 2 rings (SSSR count). The largest absolute Gasteiger partial charge is 0.397 e. The summed E-state index contributed by atoms with van der Waals surface area (Å²) in [4.78, 5) is 5.68. The highest BCUT2D eigenvalue weighted by Crippen LogP contribution is 2.17. The number of hydrogen-bond acceptors (Lipinski definition) is 4. The van der Waals surface area contributed by atoms with Crippen molar-refractivity contribution in [2.24, 2.45) is 7.05 Å². The lowest BCUT2D eigenvalue weighted by molar-refractivity contribution is 0.655. The van der Waals surface area contributed by atoms with Gasteiger partial charge in [-0.05, 0) is 18.6 Å². The second kappa shape index (κ2) is 3.10. The number of nitrogens with two attached hydrogens (primary N) is 1. The summed E-state index contributed by atoms with van der Waals surface area (Å²) in [6.45, 7) is 1.94. The molecule has 0 unspecified atom stereocenters. The van der Waals surface area contributed by atoms with E-state index in [0.717, 1.165) is 17.0 Å². The molecule has 5 nitrogen and oxygen atoms in total. The van der Waals surface area contributed by atoms with Gasteiger partial charge in [-0.3, -0.25) is 4.98 Å². The highest BCUT2D eigenvalue weighted by atomic mass is 15.4. The Labute approximate surface area is 81.6 Å². The molecule has 72 valence electrons. The van der Waals surface area contributed by atoms with Gasteiger partial charge >= 0.3 is 0 Å². The fraction of sp³-hybridized carbons (Fsp3) is 0.222. The molecule has 2 aromatic rings. The van der Waals surface area contributed by atoms with Crippen LogP contribution in [0.3, 0.4) is 0 Å². The molecule has 0 saturated heterocycles. The van der Waals surface area contributed by atoms with Gasteiger partial charge in [0.2, 0.25) is 0 Å². The molecule has 0 fully saturated rings. The van der Waals surface area contributed by atoms with Crippen LogP contribution in [0.15, 0.2) is 18.5 Å². The first kappa shape index (κ1) is 8.68. The summed E-state index contributed by atoms with van der Waals surface area (Å²) in [6, 6.07) is 1.90. The first-order valence-corrected chi connectivity index (χ1v) is 4.25. The van der Waals surface area contributed by atoms with Crippen molar-refractivity contribution in [1.82, 2.24) is 20.0 Å². The number of nitrogen functional groups attached to an aromatic ring is 1. The van der Waals surface area contributed by atoms with Crippen LogP contribution in [0.1, 0.15) is 5.56 Å². The maximum Gasteiger partial charge on any atom is 0.131 e. The lowest BCUT2D eigenvalue weighted by atomic mass is 10.2. The fourth-order valence-corrected chi connectivity index (χ4v) is 1.17. The van der Waals surface area contributed by atoms with Gasteiger partial charge in [-0.2, -0.15) is 15.0 Å². The van der Waals surface area contributed by atoms with Gasteiger partial charge < -0.3 is 5.73 Å². The average Bonchev–Trinajstić information content (AvgIpc) is 2.57. The number of pyridine rings is 1. The second-order valence-corrected chi connectivity index (χ2v) is 3.15. The van der Waals surface area contributed by atoms with Crippen molar-refractivity contribution >= 4 is 5.69 Å². The number of aryl methyl sites for hydroxylation is 2. The summed E-state index contributed by atoms with van der Waals surface area (Å²) in [5, 5.41) is 8.13. The van der Waals surface area contributed by atoms with Crippen LogP contribution in [0.2, 0.25) is 0 Å². The van der Waals surface area contributed by atoms with Gasteiger partial charge in [-0.1, -0.05) is 0 Å². The monoisotopic (exact) mass is 189 g/mol. The van der Waals surface area contributed by atoms with Crippen LogP contribution in [0.5, 0.6) is 0 Å². The molecular formula is C9H11N5. The maximum atomic E-state index is 5.67. The average molecular weight is 189 g/mol. The van der Waals surface area contributed by atoms with Gasteiger partial charge in [0, 0.05) is 7.05 Å². The van der Waals surface area contributed by atoms with E-state index in [-0.39, 0.29) is 0 Å². The predicted octanol–water partition coefficient (Wildman–Crippen LogP) is 0.768. The molecule has 0 saturated carbocycles. The van der Waals surface area contributed by atoms with Gasteiger partial charge in [0.1, 0.15) is 5.69 Å². The molecule has 5 heteroatoms. The van der Waals surface area contributed by atoms with Crippen molar-refractivity contribution in [2.45, 2.75) is 6.92 Å². The van der Waals surface area contributed by atoms with E-state index in [9.17, 15) is 0 Å². The molecule has 0 aliphatic rings. The molecule has 2 heterocycles. The summed E-state index contributed by atoms with van der Waals surface area (Å²) in [6.07, 6.45) is 3.32. The zero-order valence-corrected chi connectivity index (χ0v) is 8.10. The molecule has 2 N–H and O–H groups in total. The molecule has 0 radical (unpaired) electrons. The minimum Gasteiger partial charge on any atom is -0.397 e. The number of rotatable bonds is 1. The minimum absolute atomic E-state index is 0.692. The normalized spacial score (nSPS) is 10.4. The maximum absolute atomic E-state index is 5.67. The van der Waals surface area contributed by atoms with Crippen LogP contribution < -0.4 is 5.73 Å². The first-order valence-electron chi connectivity index (χ1n) is 4.25. The standard InChI is InChI=1S/C9H11N5/c1-6-3-8(11-4-7(6)10)9-5-12-14(2)13-9/h3-5H,10H2,1-2H3. The summed E-state index contributed by atoms with van der Waals surface area (Å²) in [5.74, 6) is 0. The Hall–Kier alpha value is -1.91. The zero-order chi connectivity index (χ0) is 10.1. The van der Waals surface area contributed by atoms with Gasteiger partial charge in [0.15, 0.2) is 0 Å². The summed E-state index contributed by atoms with van der Waals surface area (Å²) in [7, 11) is 1.77. The van der Waals surface area contributed by atoms with Crippen molar-refractivity contribution < 1.29 is 0 Å². The third-order valence-electron chi connectivity index (χ3n) is 2.01. The smallest absolute Gasteiger partial charge is 0.131 e. The molecule has 0 aliphatic heterocycles. The third-order valence-corrected chi connectivity index (χ3v) is 2.01. The fourth-order valence-electron chi connectivity index (χ4n) is 1.17. The van der Waals surface area contributed by atoms with Crippen LogP contribution in [-0.4, -0.2) is 20.0 Å². The van der Waals surface area contributed by atoms with Gasteiger partial charge in [0.05, 0.1) is 23.8 Å². The molecule has 2 aromatic heterocycles. The van der Waals surface area contributed by atoms with Gasteiger partial charge in [0.25, 0.3) is 0 Å². The van der Waals surface area contributed by atoms with E-state index in [2.05, 4.69) is 15.2 Å². The van der Waals surface area contributed by atoms with E-state index in [1.165, 1.54) is 4.80 Å². The SMILES string of the molecule is Cc1cc(-c2cnn(C)n2)ncc1N. The van der Waals surface area contributed by atoms with Crippen LogP contribution in [0, 0.1) is 6.92 Å². The molecule has 0 aromatic carbocycles. The Morgan fingerprint density at radius 1 is 1.29 bits per heavy atom. The Bertz CT molecular complexity index is 460. The minimum atomic E-state index is 0.692. The third kappa shape index (κ3) is 1.44. The lowest BCUT2D eigenvalue weighted by Gasteiger charge is -2.00. The zero-order valence-electron chi connectivity index (χ0n) is 8.10. The van der Waals surface area contributed by atoms with Crippen molar-refractivity contribution in [3.05, 3.63) is 24.0 Å². The summed E-state index contributed by atoms with van der Waals surface area (Å²) >= 11 is 0. The predicted molar refractivity (Wildman–Crippen MR) is 53.4 cm³/mol. The highest BCUT2D eigenvalue weighted by molar-refractivity contribution is 5.58.